The number of carbonyl (C=O) groups is 4. The van der Waals surface area contributed by atoms with E-state index in [1.54, 1.807) is 0 Å². The number of amides is 2. The van der Waals surface area contributed by atoms with E-state index in [1.807, 2.05) is 65.6 Å². The zero-order valence-electron chi connectivity index (χ0n) is 70.0. The number of rotatable bonds is 57. The summed E-state index contributed by atoms with van der Waals surface area (Å²) in [6.45, 7) is 6.52. The van der Waals surface area contributed by atoms with Gasteiger partial charge in [0, 0.05) is 95.7 Å². The zero-order valence-corrected chi connectivity index (χ0v) is 88.0. The molecule has 18 heteroatoms. The van der Waals surface area contributed by atoms with Crippen molar-refractivity contribution < 1.29 is 23.9 Å². The number of benzene rings is 7. The Morgan fingerprint density at radius 1 is 0.365 bits per heavy atom. The molecule has 0 spiro atoms. The molecular weight excluding hydrogens is 1770 g/mol. The third-order valence-electron chi connectivity index (χ3n) is 20.3. The van der Waals surface area contributed by atoms with Crippen molar-refractivity contribution in [1.82, 2.24) is 15.1 Å². The number of piperidine rings is 2. The van der Waals surface area contributed by atoms with Gasteiger partial charge in [0.15, 0.2) is 0 Å². The number of carbonyl (C=O) groups excluding carboxylic acids is 4. The van der Waals surface area contributed by atoms with Crippen LogP contribution in [0.5, 0.6) is 0 Å². The molecule has 7 aromatic rings. The number of nitrogens with zero attached hydrogens (tertiary/aromatic N) is 2. The van der Waals surface area contributed by atoms with Gasteiger partial charge in [0.1, 0.15) is 6.61 Å². The molecule has 0 aromatic heterocycles. The van der Waals surface area contributed by atoms with E-state index in [0.29, 0.717) is 41.1 Å². The van der Waals surface area contributed by atoms with Crippen molar-refractivity contribution in [3.8, 4) is 0 Å². The third kappa shape index (κ3) is 53.6. The van der Waals surface area contributed by atoms with E-state index in [4.69, 9.17) is 4.74 Å². The second-order valence-electron chi connectivity index (χ2n) is 30.2. The van der Waals surface area contributed by atoms with Gasteiger partial charge in [-0.05, 0) is 159 Å². The Morgan fingerprint density at radius 2 is 0.713 bits per heavy atom. The van der Waals surface area contributed by atoms with E-state index in [-0.39, 0.29) is 11.9 Å². The molecule has 115 heavy (non-hydrogen) atoms. The van der Waals surface area contributed by atoms with Crippen LogP contribution >= 0.6 is 94.1 Å². The van der Waals surface area contributed by atoms with Gasteiger partial charge in [-0.1, -0.05) is 238 Å². The Labute approximate surface area is 760 Å². The van der Waals surface area contributed by atoms with E-state index in [0.717, 1.165) is 191 Å². The molecule has 1 N–H and O–H groups in total. The minimum absolute atomic E-state index is 0.0919. The minimum atomic E-state index is -0.0919. The summed E-state index contributed by atoms with van der Waals surface area (Å²) in [5.41, 5.74) is 9.46. The number of likely N-dealkylation sites (tertiary alicyclic amines) is 2. The first-order valence-corrected chi connectivity index (χ1v) is 60.5. The van der Waals surface area contributed by atoms with Crippen molar-refractivity contribution in [3.63, 3.8) is 0 Å². The standard InChI is InChI=1S/C29H42N2OS2.C29H34O2S2.C27H37NOS2.C12H22OS2.2In.4H/c32-29(30-19-22-31-20-10-3-11-21-31)17-9-8-16-28(34-25-27-14-6-2-7-15-27)18-23-33-24-26-12-4-1-5-13-26;30-29(31-22-25-12-4-1-5-13-25)19-11-10-18-28(33-24-27-16-8-3-9-17-27)20-21-32-23-26-14-6-2-7-15-26;29-27(28-19-10-3-11-20-28)17-9-8-16-26(31-23-25-14-6-2-7-15-25)18-21-30-22-24-12-4-1-5-13-24;1-3-14-11-9-12(15-4-2)8-6-5-7-10-13;;;;;;/h1-2,4-7,12-15,28H,3,8-11,16-25H2,(H,30,32);1-9,12-17,28H,10-11,18-24H2;1-2,4-7,12-15,26H,3,8-11,16-23H2;10,12H,1-9,11H2;;;;;;. The fourth-order valence-electron chi connectivity index (χ4n) is 13.6. The van der Waals surface area contributed by atoms with Crippen molar-refractivity contribution in [2.45, 2.75) is 237 Å². The van der Waals surface area contributed by atoms with Crippen LogP contribution in [0.15, 0.2) is 212 Å². The molecule has 626 valence electrons. The SMILES string of the molecule is O=C(CCCCC(CCSCc1ccccc1)SCc1ccccc1)N1CCCCC1.O=C(CCCCC(CCSCc1ccccc1)SCc1ccccc1)NCCN1CCCCC1.O=C(CCCCC(CCSCc1ccccc1)SCc1ccccc1)OCc1ccccc1.O=CCCCCC(CCSC[CH2][InH2])SC[CH2][InH2]. The van der Waals surface area contributed by atoms with Gasteiger partial charge in [0.2, 0.25) is 11.8 Å². The zero-order chi connectivity index (χ0) is 81.0. The first-order valence-electron chi connectivity index (χ1n) is 43.7. The number of hydrogen-bond acceptors (Lipinski definition) is 14. The molecule has 9 rings (SSSR count). The number of aldehydes is 1. The molecule has 2 fully saturated rings. The van der Waals surface area contributed by atoms with Gasteiger partial charge >= 0.3 is 152 Å². The van der Waals surface area contributed by atoms with Crippen LogP contribution in [0.4, 0.5) is 0 Å². The van der Waals surface area contributed by atoms with Gasteiger partial charge in [-0.2, -0.15) is 70.6 Å². The molecule has 7 aromatic carbocycles. The molecule has 2 amide bonds. The fraction of sp³-hybridized carbons (Fsp3) is 0.526. The number of ether oxygens (including phenoxy) is 1. The van der Waals surface area contributed by atoms with Crippen LogP contribution in [-0.2, 0) is 65.0 Å². The van der Waals surface area contributed by atoms with E-state index in [2.05, 4.69) is 256 Å². The summed E-state index contributed by atoms with van der Waals surface area (Å²) in [5, 5.41) is 5.96. The van der Waals surface area contributed by atoms with Gasteiger partial charge in [-0.3, -0.25) is 14.4 Å². The van der Waals surface area contributed by atoms with E-state index < -0.39 is 0 Å². The summed E-state index contributed by atoms with van der Waals surface area (Å²) >= 11 is 18.5. The van der Waals surface area contributed by atoms with Crippen LogP contribution in [0.25, 0.3) is 0 Å². The van der Waals surface area contributed by atoms with Crippen molar-refractivity contribution in [3.05, 3.63) is 251 Å². The summed E-state index contributed by atoms with van der Waals surface area (Å²) in [6.07, 6.45) is 30.0. The van der Waals surface area contributed by atoms with Crippen molar-refractivity contribution in [1.29, 1.82) is 0 Å². The van der Waals surface area contributed by atoms with Crippen LogP contribution in [0.3, 0.4) is 0 Å². The molecule has 0 bridgehead atoms. The van der Waals surface area contributed by atoms with Crippen LogP contribution in [-0.4, -0.2) is 177 Å². The Kier molecular flexibility index (Phi) is 62.0. The van der Waals surface area contributed by atoms with Crippen molar-refractivity contribution >= 4 is 167 Å². The average molecular weight is 1910 g/mol. The van der Waals surface area contributed by atoms with Gasteiger partial charge in [0.25, 0.3) is 0 Å². The molecule has 0 radical (unpaired) electrons. The summed E-state index contributed by atoms with van der Waals surface area (Å²) in [7, 11) is 0. The second-order valence-corrected chi connectivity index (χ2v) is 45.7. The number of unbranched alkanes of at least 4 members (excludes halogenated alkanes) is 5. The average Bonchev–Trinajstić information content (AvgIpc) is 0.918. The van der Waals surface area contributed by atoms with E-state index in [1.165, 1.54) is 179 Å². The van der Waals surface area contributed by atoms with Gasteiger partial charge in [-0.15, -0.1) is 0 Å². The Balaban J connectivity index is 0.000000245. The Hall–Kier alpha value is -2.88. The molecule has 2 aliphatic rings. The van der Waals surface area contributed by atoms with Gasteiger partial charge < -0.3 is 19.9 Å². The van der Waals surface area contributed by atoms with Crippen LogP contribution in [0.2, 0.25) is 8.35 Å². The first kappa shape index (κ1) is 101. The number of nitrogens with one attached hydrogen (secondary N) is 1. The topological polar surface area (TPSA) is 96.0 Å². The molecule has 8 nitrogen and oxygen atoms in total. The summed E-state index contributed by atoms with van der Waals surface area (Å²) in [6, 6.07) is 74.4. The van der Waals surface area contributed by atoms with Gasteiger partial charge in [-0.25, -0.2) is 0 Å². The summed E-state index contributed by atoms with van der Waals surface area (Å²) in [5.74, 6) is 14.7. The fourth-order valence-corrected chi connectivity index (χ4v) is 27.6. The number of esters is 1. The number of hydrogen-bond donors (Lipinski definition) is 1. The van der Waals surface area contributed by atoms with E-state index in [9.17, 15) is 19.2 Å². The quantitative estimate of drug-likeness (QED) is 0.0223. The molecule has 4 unspecified atom stereocenters. The molecule has 0 saturated carbocycles. The monoisotopic (exact) mass is 1910 g/mol. The molecule has 2 aliphatic heterocycles. The Bertz CT molecular complexity index is 3440. The molecule has 4 atom stereocenters. The third-order valence-corrected chi connectivity index (χ3v) is 37.6. The van der Waals surface area contributed by atoms with Crippen LogP contribution < -0.4 is 5.32 Å². The Morgan fingerprint density at radius 3 is 1.11 bits per heavy atom. The van der Waals surface area contributed by atoms with Gasteiger partial charge in [0.05, 0.1) is 0 Å². The van der Waals surface area contributed by atoms with E-state index >= 15 is 0 Å². The normalized spacial score (nSPS) is 13.8. The number of thioether (sulfide) groups is 8. The predicted molar refractivity (Wildman–Crippen MR) is 521 cm³/mol. The maximum absolute atomic E-state index is 12.4. The molecular formula is C97H139In2N3O5S8. The van der Waals surface area contributed by atoms with Crippen LogP contribution in [0, 0.1) is 0 Å². The summed E-state index contributed by atoms with van der Waals surface area (Å²) in [4.78, 5) is 51.6. The van der Waals surface area contributed by atoms with Crippen molar-refractivity contribution in [2.75, 3.05) is 73.8 Å². The predicted octanol–water partition coefficient (Wildman–Crippen LogP) is 23.9. The maximum atomic E-state index is 12.4. The first-order chi connectivity index (χ1) is 56.7. The molecule has 2 heterocycles. The van der Waals surface area contributed by atoms with Crippen LogP contribution in [0.1, 0.15) is 206 Å². The second kappa shape index (κ2) is 70.6. The summed E-state index contributed by atoms with van der Waals surface area (Å²) < 4.78 is 8.42. The molecule has 0 aliphatic carbocycles. The molecule has 2 saturated heterocycles. The van der Waals surface area contributed by atoms with Crippen molar-refractivity contribution in [2.24, 2.45) is 0 Å².